The fraction of sp³-hybridized carbons (Fsp3) is 0.261. The van der Waals surface area contributed by atoms with Crippen LogP contribution in [0.25, 0.3) is 21.7 Å². The van der Waals surface area contributed by atoms with Crippen LogP contribution in [0.4, 0.5) is 5.13 Å². The second kappa shape index (κ2) is 9.05. The molecule has 35 heavy (non-hydrogen) atoms. The van der Waals surface area contributed by atoms with E-state index in [4.69, 9.17) is 11.6 Å². The lowest BCUT2D eigenvalue weighted by atomic mass is 9.89. The van der Waals surface area contributed by atoms with Crippen molar-refractivity contribution in [2.75, 3.05) is 11.1 Å². The van der Waals surface area contributed by atoms with E-state index in [-0.39, 0.29) is 17.2 Å². The molecule has 4 heterocycles. The number of benzene rings is 1. The van der Waals surface area contributed by atoms with Gasteiger partial charge in [-0.15, -0.1) is 32.9 Å². The predicted octanol–water partition coefficient (Wildman–Crippen LogP) is 5.06. The van der Waals surface area contributed by atoms with Crippen molar-refractivity contribution in [2.24, 2.45) is 5.92 Å². The van der Waals surface area contributed by atoms with Gasteiger partial charge >= 0.3 is 0 Å². The number of thiophene rings is 1. The summed E-state index contributed by atoms with van der Waals surface area (Å²) in [6.07, 6.45) is 4.58. The summed E-state index contributed by atoms with van der Waals surface area (Å²) in [4.78, 5) is 32.6. The minimum atomic E-state index is -0.178. The van der Waals surface area contributed by atoms with Crippen LogP contribution in [-0.2, 0) is 17.6 Å². The van der Waals surface area contributed by atoms with E-state index in [0.29, 0.717) is 38.1 Å². The molecule has 0 bridgehead atoms. The van der Waals surface area contributed by atoms with Crippen LogP contribution in [-0.4, -0.2) is 35.8 Å². The van der Waals surface area contributed by atoms with Crippen LogP contribution in [0.2, 0.25) is 5.02 Å². The average molecular weight is 543 g/mol. The standard InChI is InChI=1S/C23H19ClN6O2S3/c1-12-2-7-16-15(10-12)18-19(32)29(14-5-3-13(24)4-6-14)22-27-28-23(30(22)20(18)35-16)34-11-17(31)26-21-25-8-9-33-21/h3-6,8-9,12H,2,7,10-11H2,1H3,(H,25,26,31). The van der Waals surface area contributed by atoms with Crippen molar-refractivity contribution >= 4 is 73.1 Å². The van der Waals surface area contributed by atoms with Gasteiger partial charge in [-0.2, -0.15) is 0 Å². The zero-order chi connectivity index (χ0) is 24.1. The fourth-order valence-corrected chi connectivity index (χ4v) is 7.19. The van der Waals surface area contributed by atoms with E-state index in [1.807, 2.05) is 4.40 Å². The van der Waals surface area contributed by atoms with Crippen molar-refractivity contribution in [1.29, 1.82) is 0 Å². The minimum absolute atomic E-state index is 0.105. The lowest BCUT2D eigenvalue weighted by Crippen LogP contribution is -2.23. The molecule has 1 atom stereocenters. The van der Waals surface area contributed by atoms with Crippen molar-refractivity contribution in [3.63, 3.8) is 0 Å². The smallest absolute Gasteiger partial charge is 0.268 e. The highest BCUT2D eigenvalue weighted by Gasteiger charge is 2.27. The first-order chi connectivity index (χ1) is 17.0. The van der Waals surface area contributed by atoms with Crippen molar-refractivity contribution < 1.29 is 4.79 Å². The number of hydrogen-bond acceptors (Lipinski definition) is 8. The van der Waals surface area contributed by atoms with E-state index in [1.165, 1.54) is 28.0 Å². The number of anilines is 1. The molecule has 12 heteroatoms. The number of thiazole rings is 1. The van der Waals surface area contributed by atoms with Crippen LogP contribution in [0.5, 0.6) is 0 Å². The monoisotopic (exact) mass is 542 g/mol. The van der Waals surface area contributed by atoms with Gasteiger partial charge in [-0.1, -0.05) is 30.3 Å². The largest absolute Gasteiger partial charge is 0.301 e. The van der Waals surface area contributed by atoms with E-state index in [0.717, 1.165) is 29.7 Å². The van der Waals surface area contributed by atoms with Gasteiger partial charge in [-0.25, -0.2) is 14.0 Å². The number of amides is 1. The quantitative estimate of drug-likeness (QED) is 0.312. The SMILES string of the molecule is CC1CCc2sc3c(c2C1)c(=O)n(-c1ccc(Cl)cc1)c1nnc(SCC(=O)Nc2nccs2)n31. The van der Waals surface area contributed by atoms with Crippen LogP contribution >= 0.6 is 46.0 Å². The maximum absolute atomic E-state index is 13.9. The van der Waals surface area contributed by atoms with Gasteiger partial charge < -0.3 is 5.32 Å². The summed E-state index contributed by atoms with van der Waals surface area (Å²) in [6.45, 7) is 2.23. The third kappa shape index (κ3) is 4.06. The van der Waals surface area contributed by atoms with Gasteiger partial charge in [0.25, 0.3) is 5.56 Å². The molecule has 1 aromatic carbocycles. The molecule has 1 aliphatic rings. The number of carbonyl (C=O) groups excluding carboxylic acids is 1. The first-order valence-electron chi connectivity index (χ1n) is 11.0. The maximum Gasteiger partial charge on any atom is 0.268 e. The van der Waals surface area contributed by atoms with E-state index in [1.54, 1.807) is 51.7 Å². The first kappa shape index (κ1) is 22.7. The topological polar surface area (TPSA) is 94.2 Å². The molecule has 0 saturated heterocycles. The van der Waals surface area contributed by atoms with Crippen LogP contribution in [0.15, 0.2) is 45.8 Å². The van der Waals surface area contributed by atoms with Gasteiger partial charge in [0.15, 0.2) is 10.3 Å². The maximum atomic E-state index is 13.9. The van der Waals surface area contributed by atoms with Crippen LogP contribution in [0.1, 0.15) is 23.8 Å². The van der Waals surface area contributed by atoms with E-state index >= 15 is 0 Å². The summed E-state index contributed by atoms with van der Waals surface area (Å²) in [5.74, 6) is 0.899. The number of rotatable bonds is 5. The Hall–Kier alpha value is -2.73. The number of hydrogen-bond donors (Lipinski definition) is 1. The van der Waals surface area contributed by atoms with E-state index in [2.05, 4.69) is 27.4 Å². The highest BCUT2D eigenvalue weighted by molar-refractivity contribution is 7.99. The number of halogens is 1. The summed E-state index contributed by atoms with van der Waals surface area (Å²) < 4.78 is 3.51. The molecular formula is C23H19ClN6O2S3. The Morgan fingerprint density at radius 1 is 1.29 bits per heavy atom. The molecule has 6 rings (SSSR count). The van der Waals surface area contributed by atoms with Crippen LogP contribution in [0, 0.1) is 5.92 Å². The fourth-order valence-electron chi connectivity index (χ4n) is 4.40. The number of nitrogens with one attached hydrogen (secondary N) is 1. The van der Waals surface area contributed by atoms with Gasteiger partial charge in [-0.3, -0.25) is 9.59 Å². The highest BCUT2D eigenvalue weighted by Crippen LogP contribution is 2.38. The molecule has 0 saturated carbocycles. The van der Waals surface area contributed by atoms with Gasteiger partial charge in [0.05, 0.1) is 16.8 Å². The van der Waals surface area contributed by atoms with E-state index in [9.17, 15) is 9.59 Å². The van der Waals surface area contributed by atoms with E-state index < -0.39 is 0 Å². The molecule has 0 radical (unpaired) electrons. The molecule has 1 N–H and O–H groups in total. The van der Waals surface area contributed by atoms with Gasteiger partial charge in [-0.05, 0) is 55.0 Å². The average Bonchev–Trinajstić information content (AvgIpc) is 3.57. The number of carbonyl (C=O) groups is 1. The third-order valence-electron chi connectivity index (χ3n) is 6.02. The second-order valence-corrected chi connectivity index (χ2v) is 11.8. The number of fused-ring (bicyclic) bond motifs is 5. The Kier molecular flexibility index (Phi) is 5.87. The van der Waals surface area contributed by atoms with Crippen molar-refractivity contribution in [3.8, 4) is 5.69 Å². The summed E-state index contributed by atoms with van der Waals surface area (Å²) in [6, 6.07) is 7.12. The lowest BCUT2D eigenvalue weighted by Gasteiger charge is -2.18. The van der Waals surface area contributed by atoms with Gasteiger partial charge in [0.1, 0.15) is 4.83 Å². The molecule has 0 aliphatic heterocycles. The molecule has 1 unspecified atom stereocenters. The van der Waals surface area contributed by atoms with Gasteiger partial charge in [0.2, 0.25) is 11.7 Å². The molecular weight excluding hydrogens is 524 g/mol. The summed E-state index contributed by atoms with van der Waals surface area (Å²) in [5, 5.41) is 15.8. The lowest BCUT2D eigenvalue weighted by molar-refractivity contribution is -0.113. The zero-order valence-electron chi connectivity index (χ0n) is 18.5. The van der Waals surface area contributed by atoms with Crippen LogP contribution in [0.3, 0.4) is 0 Å². The molecule has 0 fully saturated rings. The number of aryl methyl sites for hydroxylation is 1. The number of aromatic nitrogens is 5. The van der Waals surface area contributed by atoms with Gasteiger partial charge in [0, 0.05) is 21.5 Å². The molecule has 1 amide bonds. The molecule has 8 nitrogen and oxygen atoms in total. The molecule has 5 aromatic rings. The second-order valence-electron chi connectivity index (χ2n) is 8.44. The summed E-state index contributed by atoms with van der Waals surface area (Å²) in [5.41, 5.74) is 1.69. The first-order valence-corrected chi connectivity index (χ1v) is 14.1. The number of nitrogens with zero attached hydrogens (tertiary/aromatic N) is 5. The molecule has 4 aromatic heterocycles. The predicted molar refractivity (Wildman–Crippen MR) is 142 cm³/mol. The highest BCUT2D eigenvalue weighted by atomic mass is 35.5. The Morgan fingerprint density at radius 2 is 2.11 bits per heavy atom. The van der Waals surface area contributed by atoms with Crippen molar-refractivity contribution in [3.05, 3.63) is 61.7 Å². The normalized spacial score (nSPS) is 15.5. The summed E-state index contributed by atoms with van der Waals surface area (Å²) >= 11 is 10.4. The Bertz CT molecular complexity index is 1620. The Balaban J connectivity index is 1.51. The zero-order valence-corrected chi connectivity index (χ0v) is 21.7. The number of thioether (sulfide) groups is 1. The Labute approximate surface area is 217 Å². The molecule has 1 aliphatic carbocycles. The van der Waals surface area contributed by atoms with Crippen molar-refractivity contribution in [2.45, 2.75) is 31.3 Å². The van der Waals surface area contributed by atoms with Crippen LogP contribution < -0.4 is 10.9 Å². The molecule has 0 spiro atoms. The van der Waals surface area contributed by atoms with Crippen molar-refractivity contribution in [1.82, 2.24) is 24.1 Å². The summed E-state index contributed by atoms with van der Waals surface area (Å²) in [7, 11) is 0. The molecule has 178 valence electrons. The Morgan fingerprint density at radius 3 is 2.89 bits per heavy atom. The third-order valence-corrected chi connectivity index (χ3v) is 9.17. The minimum Gasteiger partial charge on any atom is -0.301 e.